The summed E-state index contributed by atoms with van der Waals surface area (Å²) >= 11 is 3.37. The average molecular weight is 439 g/mol. The summed E-state index contributed by atoms with van der Waals surface area (Å²) in [6.07, 6.45) is 0.842. The van der Waals surface area contributed by atoms with Crippen LogP contribution in [-0.2, 0) is 14.4 Å². The molecule has 27 heavy (non-hydrogen) atoms. The van der Waals surface area contributed by atoms with Gasteiger partial charge in [-0.25, -0.2) is 0 Å². The van der Waals surface area contributed by atoms with Crippen LogP contribution >= 0.6 is 15.9 Å². The van der Waals surface area contributed by atoms with Gasteiger partial charge >= 0.3 is 0 Å². The lowest BCUT2D eigenvalue weighted by molar-refractivity contribution is -0.134. The lowest BCUT2D eigenvalue weighted by Gasteiger charge is -2.23. The van der Waals surface area contributed by atoms with Crippen LogP contribution in [0.5, 0.6) is 0 Å². The van der Waals surface area contributed by atoms with Crippen molar-refractivity contribution in [3.63, 3.8) is 0 Å². The van der Waals surface area contributed by atoms with E-state index in [-0.39, 0.29) is 36.7 Å². The SMILES string of the molecule is CC(C)C(=O)N1CCCN(CC(=O)NCC(=O)Nc2ccccc2Br)CC1. The van der Waals surface area contributed by atoms with Gasteiger partial charge in [-0.2, -0.15) is 0 Å². The van der Waals surface area contributed by atoms with Gasteiger partial charge in [0, 0.05) is 36.6 Å². The Hall–Kier alpha value is -1.93. The minimum absolute atomic E-state index is 0.0111. The molecule has 1 heterocycles. The van der Waals surface area contributed by atoms with Crippen LogP contribution in [0.4, 0.5) is 5.69 Å². The van der Waals surface area contributed by atoms with E-state index < -0.39 is 0 Å². The van der Waals surface area contributed by atoms with Crippen LogP contribution in [0.25, 0.3) is 0 Å². The molecule has 1 aliphatic rings. The van der Waals surface area contributed by atoms with Crippen molar-refractivity contribution in [1.82, 2.24) is 15.1 Å². The first-order valence-electron chi connectivity index (χ1n) is 9.19. The van der Waals surface area contributed by atoms with E-state index in [2.05, 4.69) is 26.6 Å². The fourth-order valence-electron chi connectivity index (χ4n) is 2.91. The summed E-state index contributed by atoms with van der Waals surface area (Å²) in [5, 5.41) is 5.40. The van der Waals surface area contributed by atoms with Crippen molar-refractivity contribution in [3.05, 3.63) is 28.7 Å². The van der Waals surface area contributed by atoms with Gasteiger partial charge in [-0.05, 0) is 34.5 Å². The van der Waals surface area contributed by atoms with Crippen LogP contribution in [0.1, 0.15) is 20.3 Å². The molecule has 8 heteroatoms. The summed E-state index contributed by atoms with van der Waals surface area (Å²) in [6, 6.07) is 7.30. The summed E-state index contributed by atoms with van der Waals surface area (Å²) in [4.78, 5) is 40.1. The number of anilines is 1. The molecule has 0 spiro atoms. The number of benzene rings is 1. The van der Waals surface area contributed by atoms with E-state index in [1.165, 1.54) is 0 Å². The number of nitrogens with zero attached hydrogens (tertiary/aromatic N) is 2. The Morgan fingerprint density at radius 2 is 1.81 bits per heavy atom. The Kier molecular flexibility index (Phi) is 8.24. The lowest BCUT2D eigenvalue weighted by atomic mass is 10.2. The van der Waals surface area contributed by atoms with Gasteiger partial charge in [-0.3, -0.25) is 19.3 Å². The van der Waals surface area contributed by atoms with E-state index in [1.807, 2.05) is 41.8 Å². The molecular weight excluding hydrogens is 412 g/mol. The number of carbonyl (C=O) groups is 3. The molecule has 0 aromatic heterocycles. The molecular formula is C19H27BrN4O3. The van der Waals surface area contributed by atoms with Crippen molar-refractivity contribution in [2.24, 2.45) is 5.92 Å². The molecule has 1 saturated heterocycles. The van der Waals surface area contributed by atoms with Crippen molar-refractivity contribution in [2.75, 3.05) is 44.6 Å². The molecule has 0 unspecified atom stereocenters. The Bertz CT molecular complexity index is 681. The maximum Gasteiger partial charge on any atom is 0.243 e. The minimum atomic E-state index is -0.278. The summed E-state index contributed by atoms with van der Waals surface area (Å²) < 4.78 is 0.787. The van der Waals surface area contributed by atoms with Crippen molar-refractivity contribution in [3.8, 4) is 0 Å². The van der Waals surface area contributed by atoms with Crippen LogP contribution in [0.15, 0.2) is 28.7 Å². The van der Waals surface area contributed by atoms with Gasteiger partial charge in [0.05, 0.1) is 18.8 Å². The second-order valence-corrected chi connectivity index (χ2v) is 7.77. The second kappa shape index (κ2) is 10.4. The Morgan fingerprint density at radius 3 is 2.52 bits per heavy atom. The fraction of sp³-hybridized carbons (Fsp3) is 0.526. The molecule has 0 aliphatic carbocycles. The predicted octanol–water partition coefficient (Wildman–Crippen LogP) is 1.69. The highest BCUT2D eigenvalue weighted by Gasteiger charge is 2.22. The maximum atomic E-state index is 12.1. The Balaban J connectivity index is 1.73. The largest absolute Gasteiger partial charge is 0.346 e. The first-order chi connectivity index (χ1) is 12.9. The first-order valence-corrected chi connectivity index (χ1v) is 9.98. The zero-order valence-electron chi connectivity index (χ0n) is 15.8. The highest BCUT2D eigenvalue weighted by atomic mass is 79.9. The minimum Gasteiger partial charge on any atom is -0.346 e. The third-order valence-corrected chi connectivity index (χ3v) is 5.05. The molecule has 1 fully saturated rings. The van der Waals surface area contributed by atoms with E-state index >= 15 is 0 Å². The zero-order valence-corrected chi connectivity index (χ0v) is 17.4. The molecule has 3 amide bonds. The molecule has 0 atom stereocenters. The van der Waals surface area contributed by atoms with Gasteiger partial charge in [0.15, 0.2) is 0 Å². The molecule has 1 aromatic carbocycles. The summed E-state index contributed by atoms with van der Waals surface area (Å²) in [6.45, 7) is 6.73. The van der Waals surface area contributed by atoms with Gasteiger partial charge in [0.1, 0.15) is 0 Å². The van der Waals surface area contributed by atoms with Crippen LogP contribution < -0.4 is 10.6 Å². The van der Waals surface area contributed by atoms with Crippen LogP contribution in [0.2, 0.25) is 0 Å². The van der Waals surface area contributed by atoms with Crippen LogP contribution in [-0.4, -0.2) is 66.8 Å². The van der Waals surface area contributed by atoms with Crippen LogP contribution in [0.3, 0.4) is 0 Å². The molecule has 148 valence electrons. The topological polar surface area (TPSA) is 81.8 Å². The van der Waals surface area contributed by atoms with Gasteiger partial charge in [-0.15, -0.1) is 0 Å². The fourth-order valence-corrected chi connectivity index (χ4v) is 3.29. The molecule has 0 radical (unpaired) electrons. The monoisotopic (exact) mass is 438 g/mol. The van der Waals surface area contributed by atoms with Gasteiger partial charge in [-0.1, -0.05) is 26.0 Å². The van der Waals surface area contributed by atoms with E-state index in [0.717, 1.165) is 24.0 Å². The number of para-hydroxylation sites is 1. The number of hydrogen-bond donors (Lipinski definition) is 2. The van der Waals surface area contributed by atoms with E-state index in [4.69, 9.17) is 0 Å². The number of nitrogens with one attached hydrogen (secondary N) is 2. The summed E-state index contributed by atoms with van der Waals surface area (Å²) in [5.41, 5.74) is 0.666. The number of carbonyl (C=O) groups excluding carboxylic acids is 3. The molecule has 1 aromatic rings. The first kappa shape index (κ1) is 21.4. The highest BCUT2D eigenvalue weighted by Crippen LogP contribution is 2.20. The summed E-state index contributed by atoms with van der Waals surface area (Å²) in [7, 11) is 0. The molecule has 2 rings (SSSR count). The third-order valence-electron chi connectivity index (χ3n) is 4.36. The van der Waals surface area contributed by atoms with E-state index in [9.17, 15) is 14.4 Å². The Morgan fingerprint density at radius 1 is 1.07 bits per heavy atom. The number of amides is 3. The van der Waals surface area contributed by atoms with Gasteiger partial charge < -0.3 is 15.5 Å². The zero-order chi connectivity index (χ0) is 19.8. The standard InChI is InChI=1S/C19H27BrN4O3/c1-14(2)19(27)24-9-5-8-23(10-11-24)13-18(26)21-12-17(25)22-16-7-4-3-6-15(16)20/h3-4,6-7,14H,5,8-13H2,1-2H3,(H,21,26)(H,22,25). The Labute approximate surface area is 168 Å². The van der Waals surface area contributed by atoms with Gasteiger partial charge in [0.2, 0.25) is 17.7 Å². The normalized spacial score (nSPS) is 15.3. The van der Waals surface area contributed by atoms with Crippen LogP contribution in [0, 0.1) is 5.92 Å². The number of hydrogen-bond acceptors (Lipinski definition) is 4. The average Bonchev–Trinajstić information content (AvgIpc) is 2.87. The lowest BCUT2D eigenvalue weighted by Crippen LogP contribution is -2.42. The van der Waals surface area contributed by atoms with Crippen molar-refractivity contribution < 1.29 is 14.4 Å². The molecule has 2 N–H and O–H groups in total. The quantitative estimate of drug-likeness (QED) is 0.707. The third kappa shape index (κ3) is 6.95. The van der Waals surface area contributed by atoms with Crippen molar-refractivity contribution in [2.45, 2.75) is 20.3 Å². The van der Waals surface area contributed by atoms with E-state index in [1.54, 1.807) is 6.07 Å². The molecule has 7 nitrogen and oxygen atoms in total. The molecule has 0 saturated carbocycles. The number of rotatable bonds is 6. The van der Waals surface area contributed by atoms with Gasteiger partial charge in [0.25, 0.3) is 0 Å². The predicted molar refractivity (Wildman–Crippen MR) is 108 cm³/mol. The van der Waals surface area contributed by atoms with Crippen molar-refractivity contribution >= 4 is 39.3 Å². The highest BCUT2D eigenvalue weighted by molar-refractivity contribution is 9.10. The van der Waals surface area contributed by atoms with E-state index in [0.29, 0.717) is 18.8 Å². The number of halogens is 1. The molecule has 0 bridgehead atoms. The second-order valence-electron chi connectivity index (χ2n) is 6.91. The maximum absolute atomic E-state index is 12.1. The van der Waals surface area contributed by atoms with Crippen molar-refractivity contribution in [1.29, 1.82) is 0 Å². The summed E-state index contributed by atoms with van der Waals surface area (Å²) in [5.74, 6) is -0.325. The molecule has 1 aliphatic heterocycles. The smallest absolute Gasteiger partial charge is 0.243 e.